The van der Waals surface area contributed by atoms with Crippen LogP contribution in [0.3, 0.4) is 0 Å². The van der Waals surface area contributed by atoms with E-state index in [2.05, 4.69) is 0 Å². The van der Waals surface area contributed by atoms with Crippen LogP contribution < -0.4 is 23.8 Å². The smallest absolute Gasteiger partial charge is 0.266 e. The van der Waals surface area contributed by atoms with Gasteiger partial charge in [-0.1, -0.05) is 12.1 Å². The second-order valence-electron chi connectivity index (χ2n) is 7.23. The van der Waals surface area contributed by atoms with E-state index in [4.69, 9.17) is 18.9 Å². The molecule has 1 heterocycles. The van der Waals surface area contributed by atoms with Crippen LogP contribution in [0.15, 0.2) is 60.7 Å². The summed E-state index contributed by atoms with van der Waals surface area (Å²) >= 11 is 0. The predicted molar refractivity (Wildman–Crippen MR) is 125 cm³/mol. The first-order chi connectivity index (χ1) is 16.0. The molecule has 2 amide bonds. The highest BCUT2D eigenvalue weighted by Gasteiger charge is 2.37. The number of para-hydroxylation sites is 2. The molecule has 168 valence electrons. The molecule has 0 N–H and O–H groups in total. The van der Waals surface area contributed by atoms with Crippen LogP contribution in [-0.2, 0) is 4.79 Å². The molecule has 0 bridgehead atoms. The van der Waals surface area contributed by atoms with Gasteiger partial charge >= 0.3 is 0 Å². The zero-order valence-corrected chi connectivity index (χ0v) is 18.7. The average molecular weight is 445 g/mol. The SMILES string of the molecule is COc1cc(/C=C2\C(=O)N(c3ccccc3OC)C(=O)c3cc(OC)ccc32)cc(OC)c1. The van der Waals surface area contributed by atoms with Crippen molar-refractivity contribution < 1.29 is 28.5 Å². The first-order valence-electron chi connectivity index (χ1n) is 10.2. The third-order valence-electron chi connectivity index (χ3n) is 5.39. The number of methoxy groups -OCH3 is 4. The molecular weight excluding hydrogens is 422 g/mol. The standard InChI is InChI=1S/C26H23NO6/c1-30-17-9-10-20-21(13-16-11-18(31-2)14-19(12-16)32-3)25(28)27(26(29)22(20)15-17)23-7-5-6-8-24(23)33-4/h5-15H,1-4H3/b21-13-. The van der Waals surface area contributed by atoms with Gasteiger partial charge in [-0.2, -0.15) is 0 Å². The van der Waals surface area contributed by atoms with Gasteiger partial charge in [0, 0.05) is 17.2 Å². The highest BCUT2D eigenvalue weighted by atomic mass is 16.5. The minimum absolute atomic E-state index is 0.341. The van der Waals surface area contributed by atoms with E-state index in [0.29, 0.717) is 50.9 Å². The van der Waals surface area contributed by atoms with Crippen molar-refractivity contribution in [2.24, 2.45) is 0 Å². The summed E-state index contributed by atoms with van der Waals surface area (Å²) in [5, 5.41) is 0. The zero-order chi connectivity index (χ0) is 23.5. The maximum atomic E-state index is 13.7. The Labute approximate surface area is 191 Å². The van der Waals surface area contributed by atoms with E-state index in [-0.39, 0.29) is 0 Å². The van der Waals surface area contributed by atoms with Gasteiger partial charge < -0.3 is 18.9 Å². The van der Waals surface area contributed by atoms with Crippen LogP contribution in [0.4, 0.5) is 5.69 Å². The van der Waals surface area contributed by atoms with Crippen molar-refractivity contribution in [2.45, 2.75) is 0 Å². The number of anilines is 1. The Hall–Kier alpha value is -4.26. The van der Waals surface area contributed by atoms with Gasteiger partial charge in [0.2, 0.25) is 0 Å². The summed E-state index contributed by atoms with van der Waals surface area (Å²) in [6, 6.07) is 17.3. The van der Waals surface area contributed by atoms with E-state index in [1.807, 2.05) is 0 Å². The van der Waals surface area contributed by atoms with Crippen LogP contribution >= 0.6 is 0 Å². The van der Waals surface area contributed by atoms with Gasteiger partial charge in [0.05, 0.1) is 39.7 Å². The molecule has 0 saturated carbocycles. The van der Waals surface area contributed by atoms with Crippen molar-refractivity contribution in [1.82, 2.24) is 0 Å². The molecular formula is C26H23NO6. The molecule has 3 aromatic carbocycles. The van der Waals surface area contributed by atoms with Crippen molar-refractivity contribution in [3.8, 4) is 23.0 Å². The van der Waals surface area contributed by atoms with Gasteiger partial charge in [0.1, 0.15) is 23.0 Å². The number of benzene rings is 3. The minimum atomic E-state index is -0.469. The summed E-state index contributed by atoms with van der Waals surface area (Å²) in [5.74, 6) is 1.16. The lowest BCUT2D eigenvalue weighted by molar-refractivity contribution is -0.112. The van der Waals surface area contributed by atoms with Crippen molar-refractivity contribution >= 4 is 29.2 Å². The number of imide groups is 1. The Morgan fingerprint density at radius 2 is 1.33 bits per heavy atom. The summed E-state index contributed by atoms with van der Waals surface area (Å²) in [5.41, 5.74) is 2.25. The van der Waals surface area contributed by atoms with Crippen molar-refractivity contribution in [1.29, 1.82) is 0 Å². The van der Waals surface area contributed by atoms with Crippen molar-refractivity contribution in [2.75, 3.05) is 33.3 Å². The Kier molecular flexibility index (Phi) is 6.04. The van der Waals surface area contributed by atoms with Gasteiger partial charge in [-0.15, -0.1) is 0 Å². The molecule has 7 nitrogen and oxygen atoms in total. The molecule has 0 spiro atoms. The van der Waals surface area contributed by atoms with E-state index in [1.165, 1.54) is 14.2 Å². The molecule has 0 unspecified atom stereocenters. The van der Waals surface area contributed by atoms with Crippen LogP contribution in [0.1, 0.15) is 21.5 Å². The van der Waals surface area contributed by atoms with E-state index in [0.717, 1.165) is 4.90 Å². The average Bonchev–Trinajstić information content (AvgIpc) is 2.86. The number of hydrogen-bond donors (Lipinski definition) is 0. The third-order valence-corrected chi connectivity index (χ3v) is 5.39. The highest BCUT2D eigenvalue weighted by molar-refractivity contribution is 6.43. The highest BCUT2D eigenvalue weighted by Crippen LogP contribution is 2.39. The monoisotopic (exact) mass is 445 g/mol. The van der Waals surface area contributed by atoms with E-state index in [9.17, 15) is 9.59 Å². The molecule has 3 aromatic rings. The van der Waals surface area contributed by atoms with Crippen LogP contribution in [0.2, 0.25) is 0 Å². The second-order valence-corrected chi connectivity index (χ2v) is 7.23. The molecule has 1 aliphatic rings. The predicted octanol–water partition coefficient (Wildman–Crippen LogP) is 4.45. The summed E-state index contributed by atoms with van der Waals surface area (Å²) in [6.07, 6.45) is 1.72. The van der Waals surface area contributed by atoms with Crippen molar-refractivity contribution in [3.05, 3.63) is 77.4 Å². The van der Waals surface area contributed by atoms with Crippen LogP contribution in [-0.4, -0.2) is 40.3 Å². The first kappa shape index (κ1) is 22.0. The molecule has 0 radical (unpaired) electrons. The quantitative estimate of drug-likeness (QED) is 0.412. The fraction of sp³-hybridized carbons (Fsp3) is 0.154. The number of rotatable bonds is 6. The molecule has 4 rings (SSSR count). The van der Waals surface area contributed by atoms with Gasteiger partial charge in [0.25, 0.3) is 11.8 Å². The Morgan fingerprint density at radius 1 is 0.667 bits per heavy atom. The minimum Gasteiger partial charge on any atom is -0.497 e. The number of amides is 2. The summed E-state index contributed by atoms with van der Waals surface area (Å²) in [6.45, 7) is 0. The van der Waals surface area contributed by atoms with Gasteiger partial charge in [-0.25, -0.2) is 4.90 Å². The second kappa shape index (κ2) is 9.08. The molecule has 0 aliphatic carbocycles. The topological polar surface area (TPSA) is 74.3 Å². The van der Waals surface area contributed by atoms with E-state index in [1.54, 1.807) is 81.0 Å². The maximum absolute atomic E-state index is 13.7. The summed E-state index contributed by atoms with van der Waals surface area (Å²) < 4.78 is 21.5. The molecule has 0 aromatic heterocycles. The Morgan fingerprint density at radius 3 is 1.97 bits per heavy atom. The number of nitrogens with zero attached hydrogens (tertiary/aromatic N) is 1. The third kappa shape index (κ3) is 4.01. The fourth-order valence-corrected chi connectivity index (χ4v) is 3.76. The molecule has 7 heteroatoms. The molecule has 1 aliphatic heterocycles. The van der Waals surface area contributed by atoms with E-state index >= 15 is 0 Å². The Balaban J connectivity index is 1.95. The molecule has 0 saturated heterocycles. The number of ether oxygens (including phenoxy) is 4. The number of carbonyl (C=O) groups excluding carboxylic acids is 2. The van der Waals surface area contributed by atoms with Gasteiger partial charge in [-0.3, -0.25) is 9.59 Å². The first-order valence-corrected chi connectivity index (χ1v) is 10.2. The lowest BCUT2D eigenvalue weighted by Crippen LogP contribution is -2.42. The summed E-state index contributed by atoms with van der Waals surface area (Å²) in [7, 11) is 6.13. The van der Waals surface area contributed by atoms with Gasteiger partial charge in [-0.05, 0) is 54.1 Å². The van der Waals surface area contributed by atoms with Gasteiger partial charge in [0.15, 0.2) is 0 Å². The summed E-state index contributed by atoms with van der Waals surface area (Å²) in [4.78, 5) is 28.3. The molecule has 33 heavy (non-hydrogen) atoms. The number of hydrogen-bond acceptors (Lipinski definition) is 6. The van der Waals surface area contributed by atoms with Crippen LogP contribution in [0.5, 0.6) is 23.0 Å². The lowest BCUT2D eigenvalue weighted by atomic mass is 9.91. The normalized spacial score (nSPS) is 14.2. The fourth-order valence-electron chi connectivity index (χ4n) is 3.76. The number of fused-ring (bicyclic) bond motifs is 1. The van der Waals surface area contributed by atoms with E-state index < -0.39 is 11.8 Å². The van der Waals surface area contributed by atoms with Crippen molar-refractivity contribution in [3.63, 3.8) is 0 Å². The van der Waals surface area contributed by atoms with Crippen LogP contribution in [0.25, 0.3) is 11.6 Å². The largest absolute Gasteiger partial charge is 0.497 e. The van der Waals surface area contributed by atoms with Crippen LogP contribution in [0, 0.1) is 0 Å². The molecule has 0 atom stereocenters. The number of carbonyl (C=O) groups is 2. The Bertz CT molecular complexity index is 1240. The lowest BCUT2D eigenvalue weighted by Gasteiger charge is -2.30. The molecule has 0 fully saturated rings. The maximum Gasteiger partial charge on any atom is 0.266 e. The zero-order valence-electron chi connectivity index (χ0n) is 18.7.